The van der Waals surface area contributed by atoms with Gasteiger partial charge in [-0.05, 0) is 12.8 Å². The molecule has 0 aliphatic heterocycles. The van der Waals surface area contributed by atoms with Gasteiger partial charge in [0.2, 0.25) is 11.8 Å². The summed E-state index contributed by atoms with van der Waals surface area (Å²) >= 11 is 1.21. The number of nitrogens with one attached hydrogen (secondary N) is 2. The number of nitrogens with zero attached hydrogens (tertiary/aromatic N) is 1. The lowest BCUT2D eigenvalue weighted by molar-refractivity contribution is -0.125. The minimum Gasteiger partial charge on any atom is -0.356 e. The largest absolute Gasteiger partial charge is 0.356 e. The Balaban J connectivity index is 2.06. The Labute approximate surface area is 140 Å². The van der Waals surface area contributed by atoms with Crippen molar-refractivity contribution < 1.29 is 14.4 Å². The highest BCUT2D eigenvalue weighted by Crippen LogP contribution is 2.32. The van der Waals surface area contributed by atoms with Crippen LogP contribution in [0.25, 0.3) is 0 Å². The van der Waals surface area contributed by atoms with Gasteiger partial charge in [0, 0.05) is 25.8 Å². The lowest BCUT2D eigenvalue weighted by Crippen LogP contribution is -2.35. The predicted molar refractivity (Wildman–Crippen MR) is 89.6 cm³/mol. The Morgan fingerprint density at radius 2 is 2.09 bits per heavy atom. The van der Waals surface area contributed by atoms with Crippen LogP contribution >= 0.6 is 11.3 Å². The average molecular weight is 337 g/mol. The van der Waals surface area contributed by atoms with Crippen LogP contribution in [-0.4, -0.2) is 29.1 Å². The number of Topliss-reactive ketones (excluding diaryl/α,β-unsaturated/α-hetero) is 1. The van der Waals surface area contributed by atoms with Crippen LogP contribution in [0.3, 0.4) is 0 Å². The fourth-order valence-corrected chi connectivity index (χ4v) is 3.48. The summed E-state index contributed by atoms with van der Waals surface area (Å²) in [5.41, 5.74) is 0.626. The van der Waals surface area contributed by atoms with Crippen molar-refractivity contribution in [1.29, 1.82) is 0 Å². The quantitative estimate of drug-likeness (QED) is 0.834. The second-order valence-corrected chi connectivity index (χ2v) is 6.98. The van der Waals surface area contributed by atoms with E-state index < -0.39 is 0 Å². The molecule has 2 rings (SSSR count). The lowest BCUT2D eigenvalue weighted by Gasteiger charge is -2.18. The molecule has 2 amide bonds. The van der Waals surface area contributed by atoms with Crippen molar-refractivity contribution in [2.24, 2.45) is 11.8 Å². The summed E-state index contributed by atoms with van der Waals surface area (Å²) in [5, 5.41) is 5.97. The molecule has 6 nitrogen and oxygen atoms in total. The first-order chi connectivity index (χ1) is 10.9. The van der Waals surface area contributed by atoms with Gasteiger partial charge < -0.3 is 10.6 Å². The fourth-order valence-electron chi connectivity index (χ4n) is 2.52. The minimum absolute atomic E-state index is 0.0672. The zero-order chi connectivity index (χ0) is 17.0. The summed E-state index contributed by atoms with van der Waals surface area (Å²) in [5.74, 6) is -0.309. The smallest absolute Gasteiger partial charge is 0.226 e. The van der Waals surface area contributed by atoms with Crippen molar-refractivity contribution in [3.63, 3.8) is 0 Å². The first-order valence-corrected chi connectivity index (χ1v) is 8.86. The molecule has 1 aliphatic carbocycles. The van der Waals surface area contributed by atoms with Gasteiger partial charge in [0.15, 0.2) is 10.9 Å². The van der Waals surface area contributed by atoms with Crippen molar-refractivity contribution in [3.05, 3.63) is 10.6 Å². The van der Waals surface area contributed by atoms with Gasteiger partial charge in [-0.15, -0.1) is 0 Å². The Morgan fingerprint density at radius 3 is 2.74 bits per heavy atom. The molecule has 1 aromatic heterocycles. The predicted octanol–water partition coefficient (Wildman–Crippen LogP) is 2.40. The minimum atomic E-state index is -0.360. The molecule has 1 aromatic rings. The summed E-state index contributed by atoms with van der Waals surface area (Å²) in [6, 6.07) is 0. The van der Waals surface area contributed by atoms with E-state index in [0.717, 1.165) is 6.42 Å². The maximum atomic E-state index is 12.2. The highest BCUT2D eigenvalue weighted by atomic mass is 32.1. The molecule has 7 heteroatoms. The SMILES string of the molecule is CCNC(=O)[C@@H]1CC(=O)c2sc(NC(=O)C[C@H](C)CC)nc2C1. The second kappa shape index (κ2) is 7.68. The van der Waals surface area contributed by atoms with Crippen molar-refractivity contribution in [3.8, 4) is 0 Å². The molecular formula is C16H23N3O3S. The number of fused-ring (bicyclic) bond motifs is 1. The molecule has 0 spiro atoms. The Hall–Kier alpha value is -1.76. The number of anilines is 1. The monoisotopic (exact) mass is 337 g/mol. The van der Waals surface area contributed by atoms with E-state index >= 15 is 0 Å². The van der Waals surface area contributed by atoms with Crippen LogP contribution in [0.2, 0.25) is 0 Å². The zero-order valence-electron chi connectivity index (χ0n) is 13.8. The maximum Gasteiger partial charge on any atom is 0.226 e. The molecule has 1 aliphatic rings. The summed E-state index contributed by atoms with van der Waals surface area (Å²) in [7, 11) is 0. The summed E-state index contributed by atoms with van der Waals surface area (Å²) < 4.78 is 0. The van der Waals surface area contributed by atoms with Crippen molar-refractivity contribution in [2.75, 3.05) is 11.9 Å². The first-order valence-electron chi connectivity index (χ1n) is 8.05. The molecule has 2 N–H and O–H groups in total. The normalized spacial score (nSPS) is 18.2. The molecular weight excluding hydrogens is 314 g/mol. The highest BCUT2D eigenvalue weighted by Gasteiger charge is 2.32. The second-order valence-electron chi connectivity index (χ2n) is 5.98. The molecule has 2 atom stereocenters. The van der Waals surface area contributed by atoms with Gasteiger partial charge in [-0.1, -0.05) is 31.6 Å². The molecule has 0 unspecified atom stereocenters. The number of ketones is 1. The van der Waals surface area contributed by atoms with Gasteiger partial charge in [-0.3, -0.25) is 14.4 Å². The zero-order valence-corrected chi connectivity index (χ0v) is 14.6. The third-order valence-electron chi connectivity index (χ3n) is 4.02. The molecule has 23 heavy (non-hydrogen) atoms. The number of hydrogen-bond donors (Lipinski definition) is 2. The van der Waals surface area contributed by atoms with Gasteiger partial charge >= 0.3 is 0 Å². The molecule has 0 fully saturated rings. The van der Waals surface area contributed by atoms with Crippen LogP contribution in [0, 0.1) is 11.8 Å². The Bertz CT molecular complexity index is 612. The number of aromatic nitrogens is 1. The van der Waals surface area contributed by atoms with Gasteiger partial charge in [-0.2, -0.15) is 0 Å². The summed E-state index contributed by atoms with van der Waals surface area (Å²) in [6.45, 7) is 6.46. The third kappa shape index (κ3) is 4.37. The van der Waals surface area contributed by atoms with E-state index in [1.165, 1.54) is 11.3 Å². The van der Waals surface area contributed by atoms with Gasteiger partial charge in [0.25, 0.3) is 0 Å². The van der Waals surface area contributed by atoms with Crippen LogP contribution < -0.4 is 10.6 Å². The Kier molecular flexibility index (Phi) is 5.87. The fraction of sp³-hybridized carbons (Fsp3) is 0.625. The standard InChI is InChI=1S/C16H23N3O3S/c1-4-9(3)6-13(21)19-16-18-11-7-10(15(22)17-5-2)8-12(20)14(11)23-16/h9-10H,4-8H2,1-3H3,(H,17,22)(H,18,19,21)/t9-,10+/m1/s1. The van der Waals surface area contributed by atoms with E-state index in [2.05, 4.69) is 15.6 Å². The number of thiazole rings is 1. The van der Waals surface area contributed by atoms with Crippen molar-refractivity contribution in [2.45, 2.75) is 46.5 Å². The van der Waals surface area contributed by atoms with E-state index in [0.29, 0.717) is 41.0 Å². The lowest BCUT2D eigenvalue weighted by atomic mass is 9.89. The van der Waals surface area contributed by atoms with Crippen LogP contribution in [0.15, 0.2) is 0 Å². The van der Waals surface area contributed by atoms with Gasteiger partial charge in [0.1, 0.15) is 0 Å². The molecule has 0 bridgehead atoms. The van der Waals surface area contributed by atoms with Crippen LogP contribution in [-0.2, 0) is 16.0 Å². The van der Waals surface area contributed by atoms with E-state index in [1.54, 1.807) is 0 Å². The van der Waals surface area contributed by atoms with Crippen LogP contribution in [0.1, 0.15) is 55.4 Å². The topological polar surface area (TPSA) is 88.2 Å². The molecule has 0 radical (unpaired) electrons. The number of hydrogen-bond acceptors (Lipinski definition) is 5. The number of rotatable bonds is 6. The summed E-state index contributed by atoms with van der Waals surface area (Å²) in [6.07, 6.45) is 2.04. The molecule has 0 saturated carbocycles. The average Bonchev–Trinajstić information content (AvgIpc) is 2.90. The first kappa shape index (κ1) is 17.6. The molecule has 126 valence electrons. The van der Waals surface area contributed by atoms with Crippen LogP contribution in [0.5, 0.6) is 0 Å². The van der Waals surface area contributed by atoms with E-state index in [1.807, 2.05) is 20.8 Å². The van der Waals surface area contributed by atoms with E-state index in [-0.39, 0.29) is 29.9 Å². The highest BCUT2D eigenvalue weighted by molar-refractivity contribution is 7.17. The number of amides is 2. The molecule has 0 aromatic carbocycles. The van der Waals surface area contributed by atoms with Gasteiger partial charge in [0.05, 0.1) is 16.5 Å². The summed E-state index contributed by atoms with van der Waals surface area (Å²) in [4.78, 5) is 41.0. The van der Waals surface area contributed by atoms with Crippen LogP contribution in [0.4, 0.5) is 5.13 Å². The number of carbonyl (C=O) groups is 3. The molecule has 0 saturated heterocycles. The molecule has 1 heterocycles. The number of carbonyl (C=O) groups excluding carboxylic acids is 3. The maximum absolute atomic E-state index is 12.2. The Morgan fingerprint density at radius 1 is 1.35 bits per heavy atom. The van der Waals surface area contributed by atoms with Gasteiger partial charge in [-0.25, -0.2) is 4.98 Å². The van der Waals surface area contributed by atoms with Crippen molar-refractivity contribution >= 4 is 34.1 Å². The van der Waals surface area contributed by atoms with Crippen molar-refractivity contribution in [1.82, 2.24) is 10.3 Å². The van der Waals surface area contributed by atoms with E-state index in [4.69, 9.17) is 0 Å². The van der Waals surface area contributed by atoms with E-state index in [9.17, 15) is 14.4 Å². The third-order valence-corrected chi connectivity index (χ3v) is 5.08.